The summed E-state index contributed by atoms with van der Waals surface area (Å²) in [6.07, 6.45) is 0. The summed E-state index contributed by atoms with van der Waals surface area (Å²) in [6.45, 7) is 0. The van der Waals surface area contributed by atoms with Gasteiger partial charge in [-0.2, -0.15) is 0 Å². The summed E-state index contributed by atoms with van der Waals surface area (Å²) in [4.78, 5) is 0. The first-order valence-corrected chi connectivity index (χ1v) is 15.9. The van der Waals surface area contributed by atoms with Crippen molar-refractivity contribution >= 4 is 21.5 Å². The van der Waals surface area contributed by atoms with Gasteiger partial charge in [-0.25, -0.2) is 0 Å². The van der Waals surface area contributed by atoms with Crippen LogP contribution >= 0.6 is 0 Å². The molecule has 1 atom stereocenters. The molecule has 1 unspecified atom stereocenters. The largest absolute Gasteiger partial charge is 0.456 e. The zero-order valence-electron chi connectivity index (χ0n) is 25.1. The monoisotopic (exact) mass is 584 g/mol. The lowest BCUT2D eigenvalue weighted by Gasteiger charge is -2.35. The van der Waals surface area contributed by atoms with Crippen molar-refractivity contribution in [3.05, 3.63) is 192 Å². The van der Waals surface area contributed by atoms with E-state index in [-0.39, 0.29) is 0 Å². The van der Waals surface area contributed by atoms with Crippen LogP contribution in [-0.2, 0) is 5.41 Å². The second kappa shape index (κ2) is 9.54. The van der Waals surface area contributed by atoms with Crippen molar-refractivity contribution in [2.75, 3.05) is 0 Å². The van der Waals surface area contributed by atoms with Gasteiger partial charge >= 0.3 is 0 Å². The van der Waals surface area contributed by atoms with Gasteiger partial charge in [0, 0.05) is 10.9 Å². The fourth-order valence-electron chi connectivity index (χ4n) is 8.20. The first-order chi connectivity index (χ1) is 22.8. The average molecular weight is 585 g/mol. The number of benzene rings is 8. The maximum Gasteiger partial charge on any atom is 0.135 e. The summed E-state index contributed by atoms with van der Waals surface area (Å²) in [5, 5.41) is 4.91. The van der Waals surface area contributed by atoms with E-state index < -0.39 is 5.41 Å². The van der Waals surface area contributed by atoms with Gasteiger partial charge in [0.05, 0.1) is 5.41 Å². The number of rotatable bonds is 3. The van der Waals surface area contributed by atoms with Gasteiger partial charge in [0.25, 0.3) is 0 Å². The first kappa shape index (κ1) is 25.4. The van der Waals surface area contributed by atoms with Crippen molar-refractivity contribution in [1.29, 1.82) is 0 Å². The van der Waals surface area contributed by atoms with E-state index in [2.05, 4.69) is 170 Å². The maximum atomic E-state index is 6.45. The summed E-state index contributed by atoms with van der Waals surface area (Å²) in [5.74, 6) is 1.82. The Labute approximate surface area is 268 Å². The summed E-state index contributed by atoms with van der Waals surface area (Å²) < 4.78 is 6.45. The number of hydrogen-bond donors (Lipinski definition) is 0. The van der Waals surface area contributed by atoms with Crippen LogP contribution in [0.25, 0.3) is 54.9 Å². The van der Waals surface area contributed by atoms with Crippen LogP contribution in [0, 0.1) is 0 Å². The minimum atomic E-state index is -0.480. The van der Waals surface area contributed by atoms with Gasteiger partial charge in [-0.3, -0.25) is 0 Å². The third-order valence-corrected chi connectivity index (χ3v) is 10.1. The Morgan fingerprint density at radius 2 is 1.02 bits per heavy atom. The molecule has 0 N–H and O–H groups in total. The van der Waals surface area contributed by atoms with E-state index >= 15 is 0 Å². The smallest absolute Gasteiger partial charge is 0.135 e. The average Bonchev–Trinajstić information content (AvgIpc) is 3.42. The molecular weight excluding hydrogens is 556 g/mol. The molecule has 0 amide bonds. The van der Waals surface area contributed by atoms with Crippen LogP contribution in [0.5, 0.6) is 11.5 Å². The third-order valence-electron chi connectivity index (χ3n) is 10.1. The summed E-state index contributed by atoms with van der Waals surface area (Å²) in [7, 11) is 0. The number of hydrogen-bond acceptors (Lipinski definition) is 1. The van der Waals surface area contributed by atoms with Crippen molar-refractivity contribution in [3.8, 4) is 44.9 Å². The highest BCUT2D eigenvalue weighted by atomic mass is 16.5. The quantitative estimate of drug-likeness (QED) is 0.201. The van der Waals surface area contributed by atoms with Crippen molar-refractivity contribution < 1.29 is 4.74 Å². The van der Waals surface area contributed by atoms with Gasteiger partial charge in [-0.15, -0.1) is 0 Å². The predicted molar refractivity (Wildman–Crippen MR) is 190 cm³/mol. The van der Waals surface area contributed by atoms with Gasteiger partial charge in [-0.05, 0) is 90.5 Å². The Hall–Kier alpha value is -5.92. The van der Waals surface area contributed by atoms with E-state index in [1.165, 1.54) is 71.6 Å². The Kier molecular flexibility index (Phi) is 5.27. The molecule has 0 radical (unpaired) electrons. The molecule has 1 aliphatic carbocycles. The molecule has 0 spiro atoms. The lowest BCUT2D eigenvalue weighted by Crippen LogP contribution is -2.29. The van der Waals surface area contributed by atoms with Crippen molar-refractivity contribution in [2.24, 2.45) is 0 Å². The second-order valence-electron chi connectivity index (χ2n) is 12.4. The Morgan fingerprint density at radius 1 is 0.370 bits per heavy atom. The number of fused-ring (bicyclic) bond motifs is 6. The fraction of sp³-hybridized carbons (Fsp3) is 0.0222. The third kappa shape index (κ3) is 3.40. The van der Waals surface area contributed by atoms with Crippen LogP contribution in [0.4, 0.5) is 0 Å². The number of ether oxygens (including phenoxy) is 1. The van der Waals surface area contributed by atoms with Crippen LogP contribution < -0.4 is 4.74 Å². The standard InChI is InChI=1S/C45H28O/c1-2-15-33(16-3-1)45(39-21-9-12-29-11-4-5-17-34(29)39)40-20-7-6-18-35(40)36-25-23-32(28-41(36)45)31-24-26-42-38(27-31)37-19-8-13-30-14-10-22-43(46-42)44(30)37/h1-28H. The van der Waals surface area contributed by atoms with E-state index in [1.54, 1.807) is 0 Å². The summed E-state index contributed by atoms with van der Waals surface area (Å²) >= 11 is 0. The fourth-order valence-corrected chi connectivity index (χ4v) is 8.20. The lowest BCUT2D eigenvalue weighted by atomic mass is 9.66. The molecule has 0 aromatic heterocycles. The molecule has 214 valence electrons. The molecule has 1 heteroatoms. The molecule has 0 saturated heterocycles. The van der Waals surface area contributed by atoms with Gasteiger partial charge < -0.3 is 4.74 Å². The molecule has 2 aliphatic rings. The molecule has 1 aliphatic heterocycles. The van der Waals surface area contributed by atoms with Crippen LogP contribution in [0.15, 0.2) is 170 Å². The van der Waals surface area contributed by atoms with Crippen molar-refractivity contribution in [2.45, 2.75) is 5.41 Å². The molecule has 8 aromatic carbocycles. The first-order valence-electron chi connectivity index (χ1n) is 15.9. The molecule has 10 rings (SSSR count). The van der Waals surface area contributed by atoms with Crippen LogP contribution in [0.2, 0.25) is 0 Å². The van der Waals surface area contributed by atoms with E-state index in [0.29, 0.717) is 0 Å². The molecule has 46 heavy (non-hydrogen) atoms. The van der Waals surface area contributed by atoms with E-state index in [1.807, 2.05) is 0 Å². The molecule has 0 fully saturated rings. The zero-order valence-corrected chi connectivity index (χ0v) is 25.1. The predicted octanol–water partition coefficient (Wildman–Crippen LogP) is 11.8. The second-order valence-corrected chi connectivity index (χ2v) is 12.4. The van der Waals surface area contributed by atoms with Gasteiger partial charge in [0.2, 0.25) is 0 Å². The van der Waals surface area contributed by atoms with Gasteiger partial charge in [0.1, 0.15) is 11.5 Å². The molecule has 1 nitrogen and oxygen atoms in total. The highest BCUT2D eigenvalue weighted by Gasteiger charge is 2.46. The lowest BCUT2D eigenvalue weighted by molar-refractivity contribution is 0.487. The Balaban J connectivity index is 1.25. The molecular formula is C45H28O. The topological polar surface area (TPSA) is 9.23 Å². The van der Waals surface area contributed by atoms with Gasteiger partial charge in [0.15, 0.2) is 0 Å². The Morgan fingerprint density at radius 3 is 1.96 bits per heavy atom. The molecule has 1 heterocycles. The minimum Gasteiger partial charge on any atom is -0.456 e. The molecule has 8 aromatic rings. The van der Waals surface area contributed by atoms with Gasteiger partial charge in [-0.1, -0.05) is 146 Å². The molecule has 0 saturated carbocycles. The van der Waals surface area contributed by atoms with E-state index in [9.17, 15) is 0 Å². The highest BCUT2D eigenvalue weighted by Crippen LogP contribution is 2.58. The summed E-state index contributed by atoms with van der Waals surface area (Å²) in [6, 6.07) is 62.2. The van der Waals surface area contributed by atoms with E-state index in [0.717, 1.165) is 17.1 Å². The SMILES string of the molecule is c1ccc(C2(c3cccc4ccccc34)c3ccccc3-c3ccc(-c4ccc5c(c4)-c4cccc6cccc(c46)O5)cc32)cc1. The van der Waals surface area contributed by atoms with Crippen molar-refractivity contribution in [1.82, 2.24) is 0 Å². The van der Waals surface area contributed by atoms with Crippen LogP contribution in [0.1, 0.15) is 22.3 Å². The van der Waals surface area contributed by atoms with Crippen LogP contribution in [-0.4, -0.2) is 0 Å². The Bertz CT molecular complexity index is 2500. The van der Waals surface area contributed by atoms with Crippen molar-refractivity contribution in [3.63, 3.8) is 0 Å². The normalized spacial score (nSPS) is 15.7. The van der Waals surface area contributed by atoms with E-state index in [4.69, 9.17) is 4.74 Å². The molecule has 0 bridgehead atoms. The highest BCUT2D eigenvalue weighted by molar-refractivity contribution is 6.04. The zero-order chi connectivity index (χ0) is 30.2. The van der Waals surface area contributed by atoms with Crippen LogP contribution in [0.3, 0.4) is 0 Å². The maximum absolute atomic E-state index is 6.45. The summed E-state index contributed by atoms with van der Waals surface area (Å²) in [5.41, 5.74) is 12.1. The minimum absolute atomic E-state index is 0.480.